The Balaban J connectivity index is 1.37. The first-order valence-electron chi connectivity index (χ1n) is 12.9. The Hall–Kier alpha value is -3.40. The van der Waals surface area contributed by atoms with Gasteiger partial charge in [-0.25, -0.2) is 19.3 Å². The molecule has 37 heavy (non-hydrogen) atoms. The Kier molecular flexibility index (Phi) is 6.47. The number of pyridine rings is 1. The number of imidazole rings is 1. The van der Waals surface area contributed by atoms with Crippen molar-refractivity contribution in [3.05, 3.63) is 48.2 Å². The molecule has 2 aliphatic heterocycles. The minimum Gasteiger partial charge on any atom is -0.356 e. The maximum Gasteiger partial charge on any atom is 0.235 e. The van der Waals surface area contributed by atoms with E-state index in [-0.39, 0.29) is 23.2 Å². The Morgan fingerprint density at radius 2 is 1.95 bits per heavy atom. The first-order chi connectivity index (χ1) is 17.5. The van der Waals surface area contributed by atoms with Gasteiger partial charge in [-0.05, 0) is 53.5 Å². The zero-order valence-corrected chi connectivity index (χ0v) is 22.2. The number of anilines is 2. The van der Waals surface area contributed by atoms with Crippen LogP contribution in [0.25, 0.3) is 11.3 Å². The van der Waals surface area contributed by atoms with Crippen LogP contribution < -0.4 is 15.5 Å². The van der Waals surface area contributed by atoms with Crippen LogP contribution in [0.2, 0.25) is 0 Å². The molecule has 0 unspecified atom stereocenters. The van der Waals surface area contributed by atoms with Crippen LogP contribution in [0.5, 0.6) is 0 Å². The summed E-state index contributed by atoms with van der Waals surface area (Å²) in [5.74, 6) is 2.28. The molecule has 1 fully saturated rings. The zero-order valence-electron chi connectivity index (χ0n) is 22.2. The van der Waals surface area contributed by atoms with Gasteiger partial charge in [-0.1, -0.05) is 0 Å². The molecule has 196 valence electrons. The minimum absolute atomic E-state index is 0.0171. The van der Waals surface area contributed by atoms with E-state index in [4.69, 9.17) is 4.98 Å². The van der Waals surface area contributed by atoms with E-state index in [1.54, 1.807) is 6.20 Å². The molecule has 0 atom stereocenters. The van der Waals surface area contributed by atoms with E-state index < -0.39 is 5.41 Å². The second-order valence-electron chi connectivity index (χ2n) is 11.5. The number of amides is 1. The average molecular weight is 507 g/mol. The molecular weight excluding hydrogens is 471 g/mol. The van der Waals surface area contributed by atoms with Gasteiger partial charge >= 0.3 is 0 Å². The van der Waals surface area contributed by atoms with Crippen molar-refractivity contribution in [3.8, 4) is 11.3 Å². The summed E-state index contributed by atoms with van der Waals surface area (Å²) in [6, 6.07) is 1.48. The molecule has 0 bridgehead atoms. The van der Waals surface area contributed by atoms with E-state index in [0.29, 0.717) is 11.4 Å². The Labute approximate surface area is 216 Å². The van der Waals surface area contributed by atoms with Crippen molar-refractivity contribution in [2.45, 2.75) is 70.9 Å². The number of piperidine rings is 1. The number of carbonyl (C=O) groups excluding carboxylic acids is 1. The van der Waals surface area contributed by atoms with E-state index >= 15 is 0 Å². The van der Waals surface area contributed by atoms with Crippen molar-refractivity contribution in [2.75, 3.05) is 29.9 Å². The molecule has 1 amide bonds. The third-order valence-corrected chi connectivity index (χ3v) is 7.23. The van der Waals surface area contributed by atoms with Crippen molar-refractivity contribution in [2.24, 2.45) is 0 Å². The van der Waals surface area contributed by atoms with Crippen molar-refractivity contribution in [1.29, 1.82) is 0 Å². The second kappa shape index (κ2) is 9.48. The zero-order chi connectivity index (χ0) is 26.4. The van der Waals surface area contributed by atoms with E-state index in [9.17, 15) is 9.18 Å². The SMILES string of the molecule is CC(C)(C)NCCn1cc(-c2cncc(F)c2)nc1C1CCN(c2ncnc3c2C(C)(C)C(=O)N3)CC1. The van der Waals surface area contributed by atoms with Crippen LogP contribution in [-0.4, -0.2) is 55.6 Å². The number of nitrogens with zero attached hydrogens (tertiary/aromatic N) is 6. The van der Waals surface area contributed by atoms with Crippen LogP contribution in [-0.2, 0) is 16.8 Å². The molecule has 2 aliphatic rings. The summed E-state index contributed by atoms with van der Waals surface area (Å²) in [6.07, 6.45) is 8.19. The standard InChI is InChI=1S/C27H35FN8O/c1-26(2,3)32-8-11-36-15-20(18-12-19(28)14-29-13-18)33-23(36)17-6-9-35(10-7-17)24-21-22(30-16-31-24)34-25(37)27(21,4)5/h12-17,32H,6-11H2,1-5H3,(H,30,31,34,37). The van der Waals surface area contributed by atoms with Gasteiger partial charge in [0, 0.05) is 55.6 Å². The summed E-state index contributed by atoms with van der Waals surface area (Å²) in [6.45, 7) is 13.4. The lowest BCUT2D eigenvalue weighted by molar-refractivity contribution is -0.119. The minimum atomic E-state index is -0.674. The van der Waals surface area contributed by atoms with Crippen LogP contribution in [0.3, 0.4) is 0 Å². The second-order valence-corrected chi connectivity index (χ2v) is 11.5. The summed E-state index contributed by atoms with van der Waals surface area (Å²) < 4.78 is 16.1. The Bertz CT molecular complexity index is 1300. The molecule has 3 aromatic heterocycles. The Morgan fingerprint density at radius 3 is 2.65 bits per heavy atom. The topological polar surface area (TPSA) is 101 Å². The fourth-order valence-corrected chi connectivity index (χ4v) is 5.19. The van der Waals surface area contributed by atoms with Crippen molar-refractivity contribution >= 4 is 17.5 Å². The largest absolute Gasteiger partial charge is 0.356 e. The predicted octanol–water partition coefficient (Wildman–Crippen LogP) is 3.88. The predicted molar refractivity (Wildman–Crippen MR) is 141 cm³/mol. The van der Waals surface area contributed by atoms with Gasteiger partial charge in [-0.2, -0.15) is 0 Å². The van der Waals surface area contributed by atoms with Gasteiger partial charge in [-0.15, -0.1) is 0 Å². The van der Waals surface area contributed by atoms with Crippen LogP contribution in [0.15, 0.2) is 31.0 Å². The maximum absolute atomic E-state index is 13.9. The molecule has 1 saturated heterocycles. The highest BCUT2D eigenvalue weighted by atomic mass is 19.1. The van der Waals surface area contributed by atoms with Gasteiger partial charge in [-0.3, -0.25) is 9.78 Å². The number of nitrogens with one attached hydrogen (secondary N) is 2. The number of hydrogen-bond donors (Lipinski definition) is 2. The lowest BCUT2D eigenvalue weighted by atomic mass is 9.86. The average Bonchev–Trinajstić information content (AvgIpc) is 3.37. The van der Waals surface area contributed by atoms with E-state index in [0.717, 1.165) is 61.9 Å². The summed E-state index contributed by atoms with van der Waals surface area (Å²) >= 11 is 0. The van der Waals surface area contributed by atoms with Gasteiger partial charge in [0.05, 0.1) is 22.9 Å². The number of carbonyl (C=O) groups is 1. The lowest BCUT2D eigenvalue weighted by Crippen LogP contribution is -2.38. The van der Waals surface area contributed by atoms with Crippen LogP contribution in [0.1, 0.15) is 64.8 Å². The molecular formula is C27H35FN8O. The third kappa shape index (κ3) is 5.07. The molecule has 10 heteroatoms. The molecule has 0 radical (unpaired) electrons. The first kappa shape index (κ1) is 25.3. The molecule has 5 heterocycles. The van der Waals surface area contributed by atoms with Gasteiger partial charge in [0.1, 0.15) is 29.6 Å². The molecule has 3 aromatic rings. The molecule has 0 spiro atoms. The molecule has 0 aliphatic carbocycles. The third-order valence-electron chi connectivity index (χ3n) is 7.23. The highest BCUT2D eigenvalue weighted by Crippen LogP contribution is 2.42. The summed E-state index contributed by atoms with van der Waals surface area (Å²) in [5, 5.41) is 6.44. The highest BCUT2D eigenvalue weighted by Gasteiger charge is 2.43. The molecule has 9 nitrogen and oxygen atoms in total. The van der Waals surface area contributed by atoms with E-state index in [1.165, 1.54) is 18.6 Å². The summed E-state index contributed by atoms with van der Waals surface area (Å²) in [7, 11) is 0. The van der Waals surface area contributed by atoms with Gasteiger partial charge in [0.25, 0.3) is 0 Å². The fraction of sp³-hybridized carbons (Fsp3) is 0.519. The van der Waals surface area contributed by atoms with Gasteiger partial charge < -0.3 is 20.1 Å². The van der Waals surface area contributed by atoms with Crippen LogP contribution >= 0.6 is 0 Å². The van der Waals surface area contributed by atoms with E-state index in [1.807, 2.05) is 20.0 Å². The monoisotopic (exact) mass is 506 g/mol. The molecule has 0 aromatic carbocycles. The number of aromatic nitrogens is 5. The van der Waals surface area contributed by atoms with E-state index in [2.05, 4.69) is 55.8 Å². The van der Waals surface area contributed by atoms with Crippen LogP contribution in [0, 0.1) is 5.82 Å². The number of hydrogen-bond acceptors (Lipinski definition) is 7. The van der Waals surface area contributed by atoms with Gasteiger partial charge in [0.15, 0.2) is 0 Å². The van der Waals surface area contributed by atoms with Crippen LogP contribution in [0.4, 0.5) is 16.0 Å². The Morgan fingerprint density at radius 1 is 1.19 bits per heavy atom. The van der Waals surface area contributed by atoms with Gasteiger partial charge in [0.2, 0.25) is 5.91 Å². The molecule has 5 rings (SSSR count). The number of fused-ring (bicyclic) bond motifs is 1. The summed E-state index contributed by atoms with van der Waals surface area (Å²) in [5.41, 5.74) is 1.63. The normalized spacial score (nSPS) is 17.7. The lowest BCUT2D eigenvalue weighted by Gasteiger charge is -2.34. The quantitative estimate of drug-likeness (QED) is 0.523. The van der Waals surface area contributed by atoms with Crippen molar-refractivity contribution < 1.29 is 9.18 Å². The number of halogens is 1. The molecule has 2 N–H and O–H groups in total. The molecule has 0 saturated carbocycles. The summed E-state index contributed by atoms with van der Waals surface area (Å²) in [4.78, 5) is 32.6. The highest BCUT2D eigenvalue weighted by molar-refractivity contribution is 6.06. The first-order valence-corrected chi connectivity index (χ1v) is 12.9. The van der Waals surface area contributed by atoms with Crippen molar-refractivity contribution in [3.63, 3.8) is 0 Å². The fourth-order valence-electron chi connectivity index (χ4n) is 5.19. The van der Waals surface area contributed by atoms with Crippen molar-refractivity contribution in [1.82, 2.24) is 29.8 Å². The number of rotatable bonds is 6. The smallest absolute Gasteiger partial charge is 0.235 e. The maximum atomic E-state index is 13.9.